The third-order valence-corrected chi connectivity index (χ3v) is 3.63. The molecule has 1 heterocycles. The third kappa shape index (κ3) is 1.62. The minimum atomic E-state index is 0.225. The van der Waals surface area contributed by atoms with Gasteiger partial charge in [-0.05, 0) is 31.5 Å². The van der Waals surface area contributed by atoms with Crippen molar-refractivity contribution in [2.45, 2.75) is 25.4 Å². The molecule has 1 fully saturated rings. The summed E-state index contributed by atoms with van der Waals surface area (Å²) in [6.07, 6.45) is 0. The Bertz CT molecular complexity index is 454. The van der Waals surface area contributed by atoms with Gasteiger partial charge in [-0.25, -0.2) is 0 Å². The molecule has 17 heavy (non-hydrogen) atoms. The van der Waals surface area contributed by atoms with Gasteiger partial charge in [0.2, 0.25) is 0 Å². The van der Waals surface area contributed by atoms with Crippen LogP contribution in [0.3, 0.4) is 0 Å². The molecule has 1 atom stereocenters. The molecule has 1 aliphatic heterocycles. The first-order chi connectivity index (χ1) is 8.21. The van der Waals surface area contributed by atoms with Crippen LogP contribution in [0, 0.1) is 0 Å². The maximum atomic E-state index is 2.47. The molecule has 0 aliphatic carbocycles. The topological polar surface area (TPSA) is 3.01 Å². The SMILES string of the molecule is CC1(C)[C@@H](c2ccccc2)N1c1ccccc1. The Morgan fingerprint density at radius 3 is 1.94 bits per heavy atom. The van der Waals surface area contributed by atoms with Crippen molar-refractivity contribution in [2.75, 3.05) is 4.90 Å². The van der Waals surface area contributed by atoms with Crippen molar-refractivity contribution in [2.24, 2.45) is 0 Å². The van der Waals surface area contributed by atoms with Crippen LogP contribution in [-0.4, -0.2) is 5.54 Å². The van der Waals surface area contributed by atoms with Gasteiger partial charge in [0.1, 0.15) is 0 Å². The van der Waals surface area contributed by atoms with E-state index in [4.69, 9.17) is 0 Å². The monoisotopic (exact) mass is 223 g/mol. The highest BCUT2D eigenvalue weighted by molar-refractivity contribution is 5.62. The predicted octanol–water partition coefficient (Wildman–Crippen LogP) is 4.03. The molecule has 1 aliphatic rings. The molecule has 0 bridgehead atoms. The van der Waals surface area contributed by atoms with Gasteiger partial charge in [-0.2, -0.15) is 0 Å². The Kier molecular flexibility index (Phi) is 2.22. The first kappa shape index (κ1) is 10.4. The summed E-state index contributed by atoms with van der Waals surface area (Å²) in [5.74, 6) is 0. The molecule has 0 aromatic heterocycles. The normalized spacial score (nSPS) is 21.3. The largest absolute Gasteiger partial charge is 0.355 e. The number of hydrogen-bond donors (Lipinski definition) is 0. The Hall–Kier alpha value is -1.76. The van der Waals surface area contributed by atoms with Crippen LogP contribution in [-0.2, 0) is 0 Å². The molecular weight excluding hydrogens is 206 g/mol. The van der Waals surface area contributed by atoms with Gasteiger partial charge < -0.3 is 4.90 Å². The summed E-state index contributed by atoms with van der Waals surface area (Å²) in [6.45, 7) is 4.61. The summed E-state index contributed by atoms with van der Waals surface area (Å²) in [5, 5.41) is 0. The molecule has 2 aromatic rings. The van der Waals surface area contributed by atoms with Crippen molar-refractivity contribution in [1.82, 2.24) is 0 Å². The number of para-hydroxylation sites is 1. The lowest BCUT2D eigenvalue weighted by atomic mass is 10.0. The molecule has 86 valence electrons. The fraction of sp³-hybridized carbons (Fsp3) is 0.250. The van der Waals surface area contributed by atoms with Gasteiger partial charge in [0.05, 0.1) is 11.6 Å². The van der Waals surface area contributed by atoms with Gasteiger partial charge in [0.15, 0.2) is 0 Å². The van der Waals surface area contributed by atoms with Crippen LogP contribution in [0.1, 0.15) is 25.5 Å². The van der Waals surface area contributed by atoms with Gasteiger partial charge in [0.25, 0.3) is 0 Å². The number of benzene rings is 2. The molecule has 2 aromatic carbocycles. The van der Waals surface area contributed by atoms with Crippen LogP contribution in [0.4, 0.5) is 5.69 Å². The number of nitrogens with zero attached hydrogens (tertiary/aromatic N) is 1. The van der Waals surface area contributed by atoms with E-state index in [2.05, 4.69) is 79.4 Å². The van der Waals surface area contributed by atoms with E-state index in [-0.39, 0.29) is 5.54 Å². The zero-order chi connectivity index (χ0) is 11.9. The Morgan fingerprint density at radius 2 is 1.35 bits per heavy atom. The summed E-state index contributed by atoms with van der Waals surface area (Å²) in [5.41, 5.74) is 2.94. The number of anilines is 1. The van der Waals surface area contributed by atoms with Crippen LogP contribution < -0.4 is 4.90 Å². The molecule has 0 N–H and O–H groups in total. The minimum Gasteiger partial charge on any atom is -0.355 e. The van der Waals surface area contributed by atoms with Crippen LogP contribution in [0.2, 0.25) is 0 Å². The van der Waals surface area contributed by atoms with Crippen molar-refractivity contribution in [3.63, 3.8) is 0 Å². The maximum absolute atomic E-state index is 2.47. The lowest BCUT2D eigenvalue weighted by Crippen LogP contribution is -2.06. The Balaban J connectivity index is 1.95. The molecule has 1 saturated heterocycles. The second kappa shape index (κ2) is 3.63. The van der Waals surface area contributed by atoms with Gasteiger partial charge >= 0.3 is 0 Å². The zero-order valence-corrected chi connectivity index (χ0v) is 10.3. The van der Waals surface area contributed by atoms with Gasteiger partial charge in [0, 0.05) is 5.69 Å². The van der Waals surface area contributed by atoms with Crippen LogP contribution in [0.25, 0.3) is 0 Å². The Labute approximate surface area is 103 Å². The van der Waals surface area contributed by atoms with E-state index >= 15 is 0 Å². The number of rotatable bonds is 2. The van der Waals surface area contributed by atoms with E-state index in [0.717, 1.165) is 0 Å². The van der Waals surface area contributed by atoms with E-state index in [1.54, 1.807) is 0 Å². The molecule has 0 amide bonds. The molecular formula is C16H17N. The van der Waals surface area contributed by atoms with E-state index < -0.39 is 0 Å². The van der Waals surface area contributed by atoms with E-state index in [1.807, 2.05) is 0 Å². The van der Waals surface area contributed by atoms with Crippen molar-refractivity contribution < 1.29 is 0 Å². The lowest BCUT2D eigenvalue weighted by Gasteiger charge is -2.07. The summed E-state index contributed by atoms with van der Waals surface area (Å²) in [6, 6.07) is 21.9. The third-order valence-electron chi connectivity index (χ3n) is 3.63. The maximum Gasteiger partial charge on any atom is 0.0775 e. The predicted molar refractivity (Wildman–Crippen MR) is 72.2 cm³/mol. The standard InChI is InChI=1S/C16H17N/c1-16(2)15(13-9-5-3-6-10-13)17(16)14-11-7-4-8-12-14/h3-12,15H,1-2H3/t15-,17?/m1/s1. The molecule has 1 nitrogen and oxygen atoms in total. The second-order valence-corrected chi connectivity index (χ2v) is 5.17. The smallest absolute Gasteiger partial charge is 0.0775 e. The van der Waals surface area contributed by atoms with E-state index in [9.17, 15) is 0 Å². The first-order valence-corrected chi connectivity index (χ1v) is 6.10. The summed E-state index contributed by atoms with van der Waals surface area (Å²) in [4.78, 5) is 2.47. The molecule has 0 unspecified atom stereocenters. The fourth-order valence-corrected chi connectivity index (χ4v) is 2.75. The second-order valence-electron chi connectivity index (χ2n) is 5.17. The highest BCUT2D eigenvalue weighted by Crippen LogP contribution is 2.55. The van der Waals surface area contributed by atoms with Crippen molar-refractivity contribution >= 4 is 5.69 Å². The van der Waals surface area contributed by atoms with Crippen molar-refractivity contribution in [3.8, 4) is 0 Å². The van der Waals surface area contributed by atoms with Crippen molar-refractivity contribution in [3.05, 3.63) is 66.2 Å². The lowest BCUT2D eigenvalue weighted by molar-refractivity contribution is 0.768. The summed E-state index contributed by atoms with van der Waals surface area (Å²) in [7, 11) is 0. The first-order valence-electron chi connectivity index (χ1n) is 6.10. The minimum absolute atomic E-state index is 0.225. The number of hydrogen-bond acceptors (Lipinski definition) is 1. The Morgan fingerprint density at radius 1 is 0.824 bits per heavy atom. The highest BCUT2D eigenvalue weighted by Gasteiger charge is 2.56. The zero-order valence-electron chi connectivity index (χ0n) is 10.3. The average Bonchev–Trinajstić information content (AvgIpc) is 2.94. The summed E-state index contributed by atoms with van der Waals surface area (Å²) >= 11 is 0. The van der Waals surface area contributed by atoms with Gasteiger partial charge in [-0.15, -0.1) is 0 Å². The molecule has 1 heteroatoms. The summed E-state index contributed by atoms with van der Waals surface area (Å²) < 4.78 is 0. The van der Waals surface area contributed by atoms with Gasteiger partial charge in [-0.3, -0.25) is 0 Å². The fourth-order valence-electron chi connectivity index (χ4n) is 2.75. The highest BCUT2D eigenvalue weighted by atomic mass is 15.4. The van der Waals surface area contributed by atoms with E-state index in [0.29, 0.717) is 6.04 Å². The molecule has 3 rings (SSSR count). The molecule has 0 spiro atoms. The van der Waals surface area contributed by atoms with E-state index in [1.165, 1.54) is 11.3 Å². The molecule has 0 saturated carbocycles. The van der Waals surface area contributed by atoms with Crippen LogP contribution in [0.15, 0.2) is 60.7 Å². The van der Waals surface area contributed by atoms with Crippen LogP contribution >= 0.6 is 0 Å². The van der Waals surface area contributed by atoms with Gasteiger partial charge in [-0.1, -0.05) is 48.5 Å². The van der Waals surface area contributed by atoms with Crippen LogP contribution in [0.5, 0.6) is 0 Å². The molecule has 0 radical (unpaired) electrons. The average molecular weight is 223 g/mol. The van der Waals surface area contributed by atoms with Crippen molar-refractivity contribution in [1.29, 1.82) is 0 Å². The quantitative estimate of drug-likeness (QED) is 0.695.